The second kappa shape index (κ2) is 11.1. The van der Waals surface area contributed by atoms with Crippen molar-refractivity contribution in [2.75, 3.05) is 6.54 Å². The summed E-state index contributed by atoms with van der Waals surface area (Å²) in [5.41, 5.74) is 6.09. The van der Waals surface area contributed by atoms with Crippen molar-refractivity contribution >= 4 is 0 Å². The molecule has 0 saturated heterocycles. The van der Waals surface area contributed by atoms with Gasteiger partial charge in [-0.3, -0.25) is 0 Å². The van der Waals surface area contributed by atoms with Crippen LogP contribution in [0.2, 0.25) is 0 Å². The fraction of sp³-hybridized carbons (Fsp3) is 1.00. The smallest absolute Gasteiger partial charge is 0.00722 e. The molecular formula is C16H35N. The molecule has 0 unspecified atom stereocenters. The van der Waals surface area contributed by atoms with Gasteiger partial charge in [-0.2, -0.15) is 0 Å². The van der Waals surface area contributed by atoms with E-state index in [1.165, 1.54) is 70.6 Å². The van der Waals surface area contributed by atoms with Gasteiger partial charge in [0, 0.05) is 0 Å². The molecule has 104 valence electrons. The van der Waals surface area contributed by atoms with E-state index in [-0.39, 0.29) is 0 Å². The molecule has 0 rings (SSSR count). The molecule has 0 fully saturated rings. The van der Waals surface area contributed by atoms with Crippen molar-refractivity contribution in [2.45, 2.75) is 91.4 Å². The van der Waals surface area contributed by atoms with Crippen molar-refractivity contribution in [1.29, 1.82) is 0 Å². The molecule has 0 aliphatic carbocycles. The minimum Gasteiger partial charge on any atom is -0.330 e. The largest absolute Gasteiger partial charge is 0.330 e. The van der Waals surface area contributed by atoms with Crippen molar-refractivity contribution in [3.63, 3.8) is 0 Å². The fourth-order valence-corrected chi connectivity index (χ4v) is 2.43. The first kappa shape index (κ1) is 17.0. The maximum Gasteiger partial charge on any atom is -0.00722 e. The number of hydrogen-bond donors (Lipinski definition) is 1. The Morgan fingerprint density at radius 2 is 1.18 bits per heavy atom. The van der Waals surface area contributed by atoms with E-state index < -0.39 is 0 Å². The molecule has 1 nitrogen and oxygen atoms in total. The third kappa shape index (κ3) is 12.2. The predicted molar refractivity (Wildman–Crippen MR) is 79.3 cm³/mol. The van der Waals surface area contributed by atoms with E-state index in [0.717, 1.165) is 6.54 Å². The van der Waals surface area contributed by atoms with Crippen LogP contribution in [0.5, 0.6) is 0 Å². The fourth-order valence-electron chi connectivity index (χ4n) is 2.43. The highest BCUT2D eigenvalue weighted by Gasteiger charge is 2.15. The maximum atomic E-state index is 5.62. The zero-order valence-corrected chi connectivity index (χ0v) is 12.6. The van der Waals surface area contributed by atoms with Gasteiger partial charge in [-0.1, -0.05) is 78.6 Å². The summed E-state index contributed by atoms with van der Waals surface area (Å²) in [6.45, 7) is 7.82. The summed E-state index contributed by atoms with van der Waals surface area (Å²) < 4.78 is 0. The van der Waals surface area contributed by atoms with Crippen LogP contribution in [-0.2, 0) is 0 Å². The standard InChI is InChI=1S/C16H35N/c1-4-5-6-7-8-9-10-11-12-13-16(2,3)14-15-17/h4-15,17H2,1-3H3. The van der Waals surface area contributed by atoms with Crippen LogP contribution in [0.1, 0.15) is 91.4 Å². The van der Waals surface area contributed by atoms with Crippen LogP contribution >= 0.6 is 0 Å². The summed E-state index contributed by atoms with van der Waals surface area (Å²) >= 11 is 0. The van der Waals surface area contributed by atoms with Crippen LogP contribution in [0.25, 0.3) is 0 Å². The van der Waals surface area contributed by atoms with Crippen LogP contribution in [0.15, 0.2) is 0 Å². The molecule has 0 aliphatic rings. The second-order valence-electron chi connectivity index (χ2n) is 6.28. The molecule has 1 heteroatoms. The molecule has 0 atom stereocenters. The molecule has 0 aromatic carbocycles. The summed E-state index contributed by atoms with van der Waals surface area (Å²) in [5, 5.41) is 0. The molecule has 0 amide bonds. The van der Waals surface area contributed by atoms with E-state index >= 15 is 0 Å². The van der Waals surface area contributed by atoms with Gasteiger partial charge in [-0.25, -0.2) is 0 Å². The SMILES string of the molecule is CCCCCCCCCCCC(C)(C)CCN. The van der Waals surface area contributed by atoms with Crippen LogP contribution < -0.4 is 5.73 Å². The average Bonchev–Trinajstić information content (AvgIpc) is 2.27. The van der Waals surface area contributed by atoms with E-state index in [1.807, 2.05) is 0 Å². The van der Waals surface area contributed by atoms with Crippen molar-refractivity contribution in [3.05, 3.63) is 0 Å². The lowest BCUT2D eigenvalue weighted by Gasteiger charge is -2.23. The first-order valence-corrected chi connectivity index (χ1v) is 7.82. The van der Waals surface area contributed by atoms with Gasteiger partial charge in [0.15, 0.2) is 0 Å². The van der Waals surface area contributed by atoms with Crippen molar-refractivity contribution in [3.8, 4) is 0 Å². The number of unbranched alkanes of at least 4 members (excludes halogenated alkanes) is 8. The van der Waals surface area contributed by atoms with Crippen LogP contribution in [-0.4, -0.2) is 6.54 Å². The first-order valence-electron chi connectivity index (χ1n) is 7.82. The number of nitrogens with two attached hydrogens (primary N) is 1. The number of rotatable bonds is 12. The van der Waals surface area contributed by atoms with Gasteiger partial charge < -0.3 is 5.73 Å². The van der Waals surface area contributed by atoms with E-state index in [2.05, 4.69) is 20.8 Å². The minimum absolute atomic E-state index is 0.468. The lowest BCUT2D eigenvalue weighted by molar-refractivity contribution is 0.299. The Morgan fingerprint density at radius 3 is 1.65 bits per heavy atom. The van der Waals surface area contributed by atoms with Crippen molar-refractivity contribution in [2.24, 2.45) is 11.1 Å². The highest BCUT2D eigenvalue weighted by Crippen LogP contribution is 2.27. The average molecular weight is 241 g/mol. The lowest BCUT2D eigenvalue weighted by atomic mass is 9.83. The van der Waals surface area contributed by atoms with E-state index in [0.29, 0.717) is 5.41 Å². The van der Waals surface area contributed by atoms with E-state index in [1.54, 1.807) is 0 Å². The third-order valence-electron chi connectivity index (χ3n) is 3.78. The molecule has 0 spiro atoms. The van der Waals surface area contributed by atoms with E-state index in [4.69, 9.17) is 5.73 Å². The van der Waals surface area contributed by atoms with Crippen LogP contribution in [0.3, 0.4) is 0 Å². The molecule has 2 N–H and O–H groups in total. The highest BCUT2D eigenvalue weighted by molar-refractivity contribution is 4.68. The van der Waals surface area contributed by atoms with Gasteiger partial charge >= 0.3 is 0 Å². The monoisotopic (exact) mass is 241 g/mol. The predicted octanol–water partition coefficient (Wildman–Crippen LogP) is 5.28. The van der Waals surface area contributed by atoms with Gasteiger partial charge in [0.2, 0.25) is 0 Å². The normalized spacial score (nSPS) is 12.0. The molecule has 0 aromatic heterocycles. The third-order valence-corrected chi connectivity index (χ3v) is 3.78. The topological polar surface area (TPSA) is 26.0 Å². The Bertz CT molecular complexity index is 152. The quantitative estimate of drug-likeness (QED) is 0.462. The summed E-state index contributed by atoms with van der Waals surface area (Å²) in [7, 11) is 0. The lowest BCUT2D eigenvalue weighted by Crippen LogP contribution is -2.16. The molecule has 0 radical (unpaired) electrons. The van der Waals surface area contributed by atoms with Gasteiger partial charge in [0.25, 0.3) is 0 Å². The molecule has 0 aliphatic heterocycles. The Labute approximate surface area is 110 Å². The van der Waals surface area contributed by atoms with Gasteiger partial charge in [0.1, 0.15) is 0 Å². The summed E-state index contributed by atoms with van der Waals surface area (Å²) in [4.78, 5) is 0. The Hall–Kier alpha value is -0.0400. The van der Waals surface area contributed by atoms with Gasteiger partial charge in [0.05, 0.1) is 0 Å². The van der Waals surface area contributed by atoms with Crippen molar-refractivity contribution in [1.82, 2.24) is 0 Å². The Balaban J connectivity index is 3.18. The molecule has 0 heterocycles. The molecule has 0 saturated carbocycles. The van der Waals surface area contributed by atoms with Crippen molar-refractivity contribution < 1.29 is 0 Å². The zero-order chi connectivity index (χ0) is 13.0. The summed E-state index contributed by atoms with van der Waals surface area (Å²) in [6.07, 6.45) is 15.3. The van der Waals surface area contributed by atoms with E-state index in [9.17, 15) is 0 Å². The minimum atomic E-state index is 0.468. The zero-order valence-electron chi connectivity index (χ0n) is 12.6. The molecule has 17 heavy (non-hydrogen) atoms. The second-order valence-corrected chi connectivity index (χ2v) is 6.28. The first-order chi connectivity index (χ1) is 8.12. The Morgan fingerprint density at radius 1 is 0.706 bits per heavy atom. The molecular weight excluding hydrogens is 206 g/mol. The van der Waals surface area contributed by atoms with Gasteiger partial charge in [-0.05, 0) is 24.8 Å². The van der Waals surface area contributed by atoms with Gasteiger partial charge in [-0.15, -0.1) is 0 Å². The maximum absolute atomic E-state index is 5.62. The van der Waals surface area contributed by atoms with Crippen LogP contribution in [0.4, 0.5) is 0 Å². The highest BCUT2D eigenvalue weighted by atomic mass is 14.5. The number of hydrogen-bond acceptors (Lipinski definition) is 1. The molecule has 0 bridgehead atoms. The van der Waals surface area contributed by atoms with Crippen LogP contribution in [0, 0.1) is 5.41 Å². The molecule has 0 aromatic rings. The Kier molecular flexibility index (Phi) is 11.0. The summed E-state index contributed by atoms with van der Waals surface area (Å²) in [6, 6.07) is 0. The summed E-state index contributed by atoms with van der Waals surface area (Å²) in [5.74, 6) is 0.